The number of nitro groups is 1. The normalized spacial score (nSPS) is 16.1. The van der Waals surface area contributed by atoms with Crippen LogP contribution in [-0.4, -0.2) is 35.0 Å². The molecule has 1 saturated heterocycles. The first-order valence-corrected chi connectivity index (χ1v) is 6.37. The number of anilines is 1. The van der Waals surface area contributed by atoms with Crippen LogP contribution in [0.3, 0.4) is 0 Å². The van der Waals surface area contributed by atoms with Crippen LogP contribution in [-0.2, 0) is 4.79 Å². The molecular formula is C13H15N3O5. The number of aliphatic carboxylic acids is 1. The van der Waals surface area contributed by atoms with E-state index >= 15 is 0 Å². The number of carboxylic acids is 1. The van der Waals surface area contributed by atoms with E-state index in [1.54, 1.807) is 11.8 Å². The van der Waals surface area contributed by atoms with Crippen molar-refractivity contribution in [1.82, 2.24) is 0 Å². The van der Waals surface area contributed by atoms with Gasteiger partial charge in [-0.3, -0.25) is 19.7 Å². The predicted octanol–water partition coefficient (Wildman–Crippen LogP) is 0.851. The Morgan fingerprint density at radius 3 is 2.57 bits per heavy atom. The van der Waals surface area contributed by atoms with Crippen LogP contribution in [0.25, 0.3) is 0 Å². The van der Waals surface area contributed by atoms with Gasteiger partial charge in [-0.25, -0.2) is 0 Å². The van der Waals surface area contributed by atoms with Crippen LogP contribution in [0.4, 0.5) is 11.4 Å². The highest BCUT2D eigenvalue weighted by atomic mass is 16.6. The van der Waals surface area contributed by atoms with Crippen LogP contribution in [0.5, 0.6) is 0 Å². The monoisotopic (exact) mass is 293 g/mol. The SMILES string of the molecule is CC(C(=O)O)C1CN(c2ccc(C(N)=O)cc2[N+](=O)[O-])C1. The third-order valence-electron chi connectivity index (χ3n) is 3.80. The molecule has 0 radical (unpaired) electrons. The third kappa shape index (κ3) is 2.78. The zero-order chi connectivity index (χ0) is 15.7. The molecule has 0 aliphatic carbocycles. The number of nitrogens with two attached hydrogens (primary N) is 1. The van der Waals surface area contributed by atoms with Gasteiger partial charge in [-0.1, -0.05) is 6.92 Å². The fourth-order valence-corrected chi connectivity index (χ4v) is 2.32. The number of benzene rings is 1. The van der Waals surface area contributed by atoms with E-state index in [-0.39, 0.29) is 17.2 Å². The highest BCUT2D eigenvalue weighted by molar-refractivity contribution is 5.94. The van der Waals surface area contributed by atoms with Crippen LogP contribution in [0.1, 0.15) is 17.3 Å². The lowest BCUT2D eigenvalue weighted by atomic mass is 9.86. The molecule has 1 unspecified atom stereocenters. The van der Waals surface area contributed by atoms with Crippen molar-refractivity contribution in [2.45, 2.75) is 6.92 Å². The number of carbonyl (C=O) groups excluding carboxylic acids is 1. The quantitative estimate of drug-likeness (QED) is 0.612. The number of carbonyl (C=O) groups is 2. The maximum Gasteiger partial charge on any atom is 0.306 e. The molecule has 1 heterocycles. The van der Waals surface area contributed by atoms with E-state index in [4.69, 9.17) is 10.8 Å². The largest absolute Gasteiger partial charge is 0.481 e. The molecule has 0 saturated carbocycles. The standard InChI is InChI=1S/C13H15N3O5/c1-7(13(18)19)9-5-15(6-9)10-3-2-8(12(14)17)4-11(10)16(20)21/h2-4,7,9H,5-6H2,1H3,(H2,14,17)(H,18,19). The Hall–Kier alpha value is -2.64. The number of carboxylic acid groups (broad SMARTS) is 1. The molecule has 0 aromatic heterocycles. The van der Waals surface area contributed by atoms with Crippen molar-refractivity contribution >= 4 is 23.3 Å². The van der Waals surface area contributed by atoms with Gasteiger partial charge in [-0.05, 0) is 12.1 Å². The topological polar surface area (TPSA) is 127 Å². The Morgan fingerprint density at radius 1 is 1.48 bits per heavy atom. The van der Waals surface area contributed by atoms with Crippen molar-refractivity contribution in [3.63, 3.8) is 0 Å². The Bertz CT molecular complexity index is 610. The smallest absolute Gasteiger partial charge is 0.306 e. The third-order valence-corrected chi connectivity index (χ3v) is 3.80. The van der Waals surface area contributed by atoms with Gasteiger partial charge in [0.05, 0.1) is 10.8 Å². The zero-order valence-electron chi connectivity index (χ0n) is 11.4. The minimum Gasteiger partial charge on any atom is -0.481 e. The second-order valence-electron chi connectivity index (χ2n) is 5.12. The molecule has 0 bridgehead atoms. The van der Waals surface area contributed by atoms with Gasteiger partial charge in [0, 0.05) is 30.6 Å². The highest BCUT2D eigenvalue weighted by Gasteiger charge is 2.37. The summed E-state index contributed by atoms with van der Waals surface area (Å²) >= 11 is 0. The summed E-state index contributed by atoms with van der Waals surface area (Å²) < 4.78 is 0. The van der Waals surface area contributed by atoms with Crippen LogP contribution >= 0.6 is 0 Å². The van der Waals surface area contributed by atoms with E-state index < -0.39 is 22.7 Å². The lowest BCUT2D eigenvalue weighted by Gasteiger charge is -2.42. The average Bonchev–Trinajstić information content (AvgIpc) is 2.36. The molecule has 1 aliphatic rings. The fraction of sp³-hybridized carbons (Fsp3) is 0.385. The zero-order valence-corrected chi connectivity index (χ0v) is 11.4. The number of primary amides is 1. The number of hydrogen-bond acceptors (Lipinski definition) is 5. The van der Waals surface area contributed by atoms with Gasteiger partial charge in [-0.15, -0.1) is 0 Å². The van der Waals surface area contributed by atoms with Gasteiger partial charge in [0.15, 0.2) is 0 Å². The van der Waals surface area contributed by atoms with Gasteiger partial charge < -0.3 is 15.7 Å². The highest BCUT2D eigenvalue weighted by Crippen LogP contribution is 2.36. The molecule has 3 N–H and O–H groups in total. The summed E-state index contributed by atoms with van der Waals surface area (Å²) in [7, 11) is 0. The van der Waals surface area contributed by atoms with Crippen LogP contribution < -0.4 is 10.6 Å². The van der Waals surface area contributed by atoms with Crippen molar-refractivity contribution in [2.24, 2.45) is 17.6 Å². The molecule has 1 aliphatic heterocycles. The summed E-state index contributed by atoms with van der Waals surface area (Å²) in [4.78, 5) is 34.2. The molecule has 8 heteroatoms. The average molecular weight is 293 g/mol. The van der Waals surface area contributed by atoms with Crippen molar-refractivity contribution < 1.29 is 19.6 Å². The Labute approximate surface area is 120 Å². The van der Waals surface area contributed by atoms with Gasteiger partial charge in [0.1, 0.15) is 5.69 Å². The number of amides is 1. The molecule has 1 amide bonds. The van der Waals surface area contributed by atoms with Crippen molar-refractivity contribution in [3.05, 3.63) is 33.9 Å². The first kappa shape index (κ1) is 14.8. The Kier molecular flexibility index (Phi) is 3.79. The second kappa shape index (κ2) is 5.39. The first-order valence-electron chi connectivity index (χ1n) is 6.37. The number of hydrogen-bond donors (Lipinski definition) is 2. The molecule has 1 aromatic rings. The minimum absolute atomic E-state index is 0.0436. The van der Waals surface area contributed by atoms with Crippen LogP contribution in [0.15, 0.2) is 18.2 Å². The lowest BCUT2D eigenvalue weighted by Crippen LogP contribution is -2.51. The maximum atomic E-state index is 11.1. The molecular weight excluding hydrogens is 278 g/mol. The Balaban J connectivity index is 2.20. The summed E-state index contributed by atoms with van der Waals surface area (Å²) in [5.41, 5.74) is 5.35. The minimum atomic E-state index is -0.877. The van der Waals surface area contributed by atoms with E-state index in [0.717, 1.165) is 6.07 Å². The predicted molar refractivity (Wildman–Crippen MR) is 74.1 cm³/mol. The first-order chi connectivity index (χ1) is 9.81. The summed E-state index contributed by atoms with van der Waals surface area (Å²) in [5, 5.41) is 20.0. The van der Waals surface area contributed by atoms with Crippen molar-refractivity contribution in [1.29, 1.82) is 0 Å². The van der Waals surface area contributed by atoms with Crippen LogP contribution in [0, 0.1) is 22.0 Å². The number of rotatable bonds is 5. The molecule has 112 valence electrons. The summed E-state index contributed by atoms with van der Waals surface area (Å²) in [6.45, 7) is 2.49. The van der Waals surface area contributed by atoms with E-state index in [9.17, 15) is 19.7 Å². The van der Waals surface area contributed by atoms with Gasteiger partial charge in [0.2, 0.25) is 5.91 Å². The molecule has 1 aromatic carbocycles. The Morgan fingerprint density at radius 2 is 2.10 bits per heavy atom. The van der Waals surface area contributed by atoms with E-state index in [1.807, 2.05) is 0 Å². The summed E-state index contributed by atoms with van der Waals surface area (Å²) in [6.07, 6.45) is 0. The summed E-state index contributed by atoms with van der Waals surface area (Å²) in [6, 6.07) is 4.05. The molecule has 8 nitrogen and oxygen atoms in total. The second-order valence-corrected chi connectivity index (χ2v) is 5.12. The lowest BCUT2D eigenvalue weighted by molar-refractivity contribution is -0.384. The maximum absolute atomic E-state index is 11.1. The molecule has 0 spiro atoms. The van der Waals surface area contributed by atoms with Gasteiger partial charge in [-0.2, -0.15) is 0 Å². The molecule has 1 atom stereocenters. The number of nitro benzene ring substituents is 1. The van der Waals surface area contributed by atoms with E-state index in [2.05, 4.69) is 0 Å². The van der Waals surface area contributed by atoms with Crippen molar-refractivity contribution in [2.75, 3.05) is 18.0 Å². The number of nitrogens with zero attached hydrogens (tertiary/aromatic N) is 2. The summed E-state index contributed by atoms with van der Waals surface area (Å²) in [5.74, 6) is -2.15. The van der Waals surface area contributed by atoms with Gasteiger partial charge in [0.25, 0.3) is 5.69 Å². The van der Waals surface area contributed by atoms with Crippen molar-refractivity contribution in [3.8, 4) is 0 Å². The molecule has 2 rings (SSSR count). The van der Waals surface area contributed by atoms with Gasteiger partial charge >= 0.3 is 5.97 Å². The van der Waals surface area contributed by atoms with Crippen LogP contribution in [0.2, 0.25) is 0 Å². The van der Waals surface area contributed by atoms with E-state index in [1.165, 1.54) is 12.1 Å². The molecule has 21 heavy (non-hydrogen) atoms. The fourth-order valence-electron chi connectivity index (χ4n) is 2.32. The molecule has 1 fully saturated rings. The van der Waals surface area contributed by atoms with E-state index in [0.29, 0.717) is 18.8 Å².